The Bertz CT molecular complexity index is 571. The van der Waals surface area contributed by atoms with Crippen LogP contribution in [0.2, 0.25) is 0 Å². The second-order valence-electron chi connectivity index (χ2n) is 7.28. The summed E-state index contributed by atoms with van der Waals surface area (Å²) in [4.78, 5) is 4.76. The number of hydrogen-bond donors (Lipinski definition) is 2. The molecule has 0 radical (unpaired) electrons. The Morgan fingerprint density at radius 2 is 1.96 bits per heavy atom. The topological polar surface area (TPSA) is 45.7 Å². The van der Waals surface area contributed by atoms with Gasteiger partial charge in [0.05, 0.1) is 6.54 Å². The van der Waals surface area contributed by atoms with Gasteiger partial charge in [0.1, 0.15) is 5.82 Å². The van der Waals surface area contributed by atoms with E-state index in [0.717, 1.165) is 64.0 Å². The van der Waals surface area contributed by atoms with Crippen molar-refractivity contribution in [1.82, 2.24) is 10.6 Å². The predicted octanol–water partition coefficient (Wildman–Crippen LogP) is 3.85. The summed E-state index contributed by atoms with van der Waals surface area (Å²) in [6, 6.07) is 6.89. The van der Waals surface area contributed by atoms with Crippen LogP contribution in [-0.4, -0.2) is 38.8 Å². The van der Waals surface area contributed by atoms with Crippen LogP contribution in [0.15, 0.2) is 29.3 Å². The minimum absolute atomic E-state index is 0. The molecular weight excluding hydrogens is 444 g/mol. The summed E-state index contributed by atoms with van der Waals surface area (Å²) in [5, 5.41) is 6.69. The van der Waals surface area contributed by atoms with E-state index in [2.05, 4.69) is 17.6 Å². The Morgan fingerprint density at radius 3 is 2.58 bits per heavy atom. The summed E-state index contributed by atoms with van der Waals surface area (Å²) in [6.45, 7) is 6.25. The van der Waals surface area contributed by atoms with Gasteiger partial charge < -0.3 is 15.4 Å². The lowest BCUT2D eigenvalue weighted by molar-refractivity contribution is 0.123. The zero-order valence-corrected chi connectivity index (χ0v) is 17.9. The molecule has 2 fully saturated rings. The van der Waals surface area contributed by atoms with Crippen LogP contribution in [0, 0.1) is 11.7 Å². The van der Waals surface area contributed by atoms with E-state index in [-0.39, 0.29) is 35.2 Å². The van der Waals surface area contributed by atoms with Gasteiger partial charge in [0, 0.05) is 31.7 Å². The van der Waals surface area contributed by atoms with Crippen molar-refractivity contribution >= 4 is 29.9 Å². The van der Waals surface area contributed by atoms with Crippen molar-refractivity contribution in [3.05, 3.63) is 35.6 Å². The number of halogens is 2. The number of nitrogens with zero attached hydrogens (tertiary/aromatic N) is 1. The molecule has 0 atom stereocenters. The summed E-state index contributed by atoms with van der Waals surface area (Å²) >= 11 is 0. The van der Waals surface area contributed by atoms with E-state index in [1.807, 2.05) is 12.1 Å². The zero-order valence-electron chi connectivity index (χ0n) is 15.6. The molecule has 0 amide bonds. The average Bonchev–Trinajstić information content (AvgIpc) is 3.52. The van der Waals surface area contributed by atoms with Crippen LogP contribution in [-0.2, 0) is 10.2 Å². The van der Waals surface area contributed by atoms with Gasteiger partial charge in [-0.05, 0) is 62.6 Å². The summed E-state index contributed by atoms with van der Waals surface area (Å²) < 4.78 is 18.8. The quantitative estimate of drug-likeness (QED) is 0.234. The largest absolute Gasteiger partial charge is 0.381 e. The Labute approximate surface area is 173 Å². The summed E-state index contributed by atoms with van der Waals surface area (Å²) in [7, 11) is 0. The van der Waals surface area contributed by atoms with Gasteiger partial charge in [0.15, 0.2) is 5.96 Å². The van der Waals surface area contributed by atoms with Gasteiger partial charge in [0.2, 0.25) is 0 Å². The SMILES string of the molecule is CCNC(=NCC1(c2ccc(F)cc2)CC1)NCCCOCC1CC1.I. The predicted molar refractivity (Wildman–Crippen MR) is 115 cm³/mol. The van der Waals surface area contributed by atoms with Crippen LogP contribution in [0.25, 0.3) is 0 Å². The maximum absolute atomic E-state index is 13.1. The number of nitrogens with one attached hydrogen (secondary N) is 2. The van der Waals surface area contributed by atoms with Crippen LogP contribution >= 0.6 is 24.0 Å². The molecule has 1 aromatic rings. The number of guanidine groups is 1. The van der Waals surface area contributed by atoms with Gasteiger partial charge in [-0.15, -0.1) is 24.0 Å². The molecule has 0 saturated heterocycles. The van der Waals surface area contributed by atoms with E-state index in [0.29, 0.717) is 0 Å². The molecular formula is C20H31FIN3O. The highest BCUT2D eigenvalue weighted by Gasteiger charge is 2.44. The van der Waals surface area contributed by atoms with Gasteiger partial charge >= 0.3 is 0 Å². The minimum atomic E-state index is -0.179. The number of aliphatic imine (C=N–C) groups is 1. The first kappa shape index (κ1) is 21.4. The Balaban J connectivity index is 0.00000243. The third kappa shape index (κ3) is 6.68. The molecule has 0 heterocycles. The van der Waals surface area contributed by atoms with Gasteiger partial charge in [-0.1, -0.05) is 12.1 Å². The molecule has 0 bridgehead atoms. The number of hydrogen-bond acceptors (Lipinski definition) is 2. The molecule has 1 aromatic carbocycles. The average molecular weight is 475 g/mol. The van der Waals surface area contributed by atoms with Gasteiger partial charge in [-0.3, -0.25) is 4.99 Å². The van der Waals surface area contributed by atoms with Crippen LogP contribution in [0.1, 0.15) is 44.6 Å². The molecule has 2 N–H and O–H groups in total. The third-order valence-electron chi connectivity index (χ3n) is 5.00. The monoisotopic (exact) mass is 475 g/mol. The minimum Gasteiger partial charge on any atom is -0.381 e. The molecule has 2 saturated carbocycles. The fraction of sp³-hybridized carbons (Fsp3) is 0.650. The van der Waals surface area contributed by atoms with E-state index in [4.69, 9.17) is 9.73 Å². The van der Waals surface area contributed by atoms with E-state index in [9.17, 15) is 4.39 Å². The van der Waals surface area contributed by atoms with Crippen molar-refractivity contribution in [3.63, 3.8) is 0 Å². The molecule has 0 unspecified atom stereocenters. The molecule has 4 nitrogen and oxygen atoms in total. The van der Waals surface area contributed by atoms with Crippen molar-refractivity contribution < 1.29 is 9.13 Å². The smallest absolute Gasteiger partial charge is 0.191 e. The molecule has 0 aromatic heterocycles. The van der Waals surface area contributed by atoms with Gasteiger partial charge in [0.25, 0.3) is 0 Å². The molecule has 6 heteroatoms. The Kier molecular flexibility index (Phi) is 8.60. The molecule has 2 aliphatic carbocycles. The summed E-state index contributed by atoms with van der Waals surface area (Å²) in [6.07, 6.45) is 5.91. The second-order valence-corrected chi connectivity index (χ2v) is 7.28. The maximum Gasteiger partial charge on any atom is 0.191 e. The first-order valence-corrected chi connectivity index (χ1v) is 9.58. The Hall–Kier alpha value is -0.890. The first-order chi connectivity index (χ1) is 12.2. The van der Waals surface area contributed by atoms with Crippen LogP contribution < -0.4 is 10.6 Å². The van der Waals surface area contributed by atoms with Gasteiger partial charge in [-0.2, -0.15) is 0 Å². The molecule has 0 spiro atoms. The molecule has 146 valence electrons. The van der Waals surface area contributed by atoms with Crippen molar-refractivity contribution in [2.24, 2.45) is 10.9 Å². The lowest BCUT2D eigenvalue weighted by atomic mass is 9.96. The number of ether oxygens (including phenoxy) is 1. The van der Waals surface area contributed by atoms with Crippen molar-refractivity contribution in [2.75, 3.05) is 32.8 Å². The highest BCUT2D eigenvalue weighted by atomic mass is 127. The third-order valence-corrected chi connectivity index (χ3v) is 5.00. The van der Waals surface area contributed by atoms with E-state index < -0.39 is 0 Å². The normalized spacial score (nSPS) is 18.2. The standard InChI is InChI=1S/C20H30FN3O.HI/c1-2-22-19(23-12-3-13-25-14-16-4-5-16)24-15-20(10-11-20)17-6-8-18(21)9-7-17;/h6-9,16H,2-5,10-15H2,1H3,(H2,22,23,24);1H. The molecule has 2 aliphatic rings. The fourth-order valence-electron chi connectivity index (χ4n) is 2.98. The van der Waals surface area contributed by atoms with Crippen LogP contribution in [0.5, 0.6) is 0 Å². The number of benzene rings is 1. The zero-order chi connectivity index (χ0) is 17.5. The van der Waals surface area contributed by atoms with E-state index >= 15 is 0 Å². The van der Waals surface area contributed by atoms with Crippen molar-refractivity contribution in [3.8, 4) is 0 Å². The lowest BCUT2D eigenvalue weighted by Gasteiger charge is -2.16. The number of rotatable bonds is 10. The van der Waals surface area contributed by atoms with E-state index in [1.54, 1.807) is 12.1 Å². The maximum atomic E-state index is 13.1. The van der Waals surface area contributed by atoms with Crippen LogP contribution in [0.3, 0.4) is 0 Å². The summed E-state index contributed by atoms with van der Waals surface area (Å²) in [5.74, 6) is 1.51. The van der Waals surface area contributed by atoms with Gasteiger partial charge in [-0.25, -0.2) is 4.39 Å². The molecule has 3 rings (SSSR count). The second kappa shape index (κ2) is 10.4. The first-order valence-electron chi connectivity index (χ1n) is 9.58. The molecule has 26 heavy (non-hydrogen) atoms. The highest BCUT2D eigenvalue weighted by molar-refractivity contribution is 14.0. The summed E-state index contributed by atoms with van der Waals surface area (Å²) in [5.41, 5.74) is 1.30. The lowest BCUT2D eigenvalue weighted by Crippen LogP contribution is -2.38. The fourth-order valence-corrected chi connectivity index (χ4v) is 2.98. The van der Waals surface area contributed by atoms with Crippen molar-refractivity contribution in [1.29, 1.82) is 0 Å². The highest BCUT2D eigenvalue weighted by Crippen LogP contribution is 2.48. The van der Waals surface area contributed by atoms with Crippen molar-refractivity contribution in [2.45, 2.75) is 44.4 Å². The molecule has 0 aliphatic heterocycles. The van der Waals surface area contributed by atoms with Crippen LogP contribution in [0.4, 0.5) is 4.39 Å². The van der Waals surface area contributed by atoms with E-state index in [1.165, 1.54) is 18.4 Å². The Morgan fingerprint density at radius 1 is 1.23 bits per heavy atom.